The third kappa shape index (κ3) is 6.14. The molecule has 0 aliphatic carbocycles. The number of hydrogen-bond donors (Lipinski definition) is 3. The average molecular weight is 392 g/mol. The maximum Gasteiger partial charge on any atom is 0.261 e. The molecule has 148 valence electrons. The molecule has 1 saturated heterocycles. The number of nitrogens with one attached hydrogen (secondary N) is 1. The Labute approximate surface area is 162 Å². The van der Waals surface area contributed by atoms with Gasteiger partial charge in [-0.3, -0.25) is 4.55 Å². The molecule has 0 radical (unpaired) electrons. The summed E-state index contributed by atoms with van der Waals surface area (Å²) in [7, 11) is -3.67. The van der Waals surface area contributed by atoms with E-state index in [9.17, 15) is 13.5 Å². The van der Waals surface area contributed by atoms with E-state index in [4.69, 9.17) is 4.55 Å². The highest BCUT2D eigenvalue weighted by atomic mass is 32.2. The van der Waals surface area contributed by atoms with Crippen molar-refractivity contribution < 1.29 is 18.1 Å². The molecule has 0 spiro atoms. The Morgan fingerprint density at radius 1 is 1.04 bits per heavy atom. The van der Waals surface area contributed by atoms with Crippen molar-refractivity contribution in [2.24, 2.45) is 11.8 Å². The summed E-state index contributed by atoms with van der Waals surface area (Å²) in [6.45, 7) is 4.28. The molecule has 2 aromatic carbocycles. The van der Waals surface area contributed by atoms with E-state index in [0.717, 1.165) is 24.2 Å². The molecule has 3 rings (SSSR count). The average Bonchev–Trinajstić information content (AvgIpc) is 2.67. The largest absolute Gasteiger partial charge is 0.380 e. The Balaban J connectivity index is 0.000000465. The van der Waals surface area contributed by atoms with Gasteiger partial charge in [0.1, 0.15) is 5.60 Å². The maximum absolute atomic E-state index is 11.7. The van der Waals surface area contributed by atoms with Crippen molar-refractivity contribution >= 4 is 10.1 Å². The lowest BCUT2D eigenvalue weighted by molar-refractivity contribution is -0.00820. The Hall–Kier alpha value is -1.73. The SMILES string of the molecule is CC(C1CCCNC1)C(O)(c1ccccc1)c1ccccc1.CS(=O)(=O)O. The van der Waals surface area contributed by atoms with Crippen LogP contribution < -0.4 is 5.32 Å². The Morgan fingerprint density at radius 3 is 1.85 bits per heavy atom. The topological polar surface area (TPSA) is 86.6 Å². The predicted molar refractivity (Wildman–Crippen MR) is 108 cm³/mol. The second-order valence-corrected chi connectivity index (χ2v) is 8.59. The molecular weight excluding hydrogens is 362 g/mol. The normalized spacial score (nSPS) is 18.9. The van der Waals surface area contributed by atoms with Crippen LogP contribution in [0.1, 0.15) is 30.9 Å². The molecule has 2 aromatic rings. The highest BCUT2D eigenvalue weighted by Crippen LogP contribution is 2.41. The monoisotopic (exact) mass is 391 g/mol. The number of benzene rings is 2. The van der Waals surface area contributed by atoms with E-state index in [1.807, 2.05) is 60.7 Å². The Bertz CT molecular complexity index is 740. The highest BCUT2D eigenvalue weighted by molar-refractivity contribution is 7.85. The smallest absolute Gasteiger partial charge is 0.261 e. The zero-order valence-corrected chi connectivity index (χ0v) is 16.7. The molecule has 0 aromatic heterocycles. The van der Waals surface area contributed by atoms with Crippen molar-refractivity contribution in [1.29, 1.82) is 0 Å². The molecule has 3 N–H and O–H groups in total. The lowest BCUT2D eigenvalue weighted by Crippen LogP contribution is -2.44. The van der Waals surface area contributed by atoms with E-state index in [2.05, 4.69) is 12.2 Å². The maximum atomic E-state index is 11.7. The lowest BCUT2D eigenvalue weighted by Gasteiger charge is -2.41. The van der Waals surface area contributed by atoms with Crippen molar-refractivity contribution in [2.75, 3.05) is 19.3 Å². The molecule has 0 bridgehead atoms. The molecular formula is C21H29NO4S. The van der Waals surface area contributed by atoms with Crippen LogP contribution in [0.4, 0.5) is 0 Å². The van der Waals surface area contributed by atoms with Crippen LogP contribution >= 0.6 is 0 Å². The predicted octanol–water partition coefficient (Wildman–Crippen LogP) is 3.06. The highest BCUT2D eigenvalue weighted by Gasteiger charge is 2.41. The van der Waals surface area contributed by atoms with E-state index in [-0.39, 0.29) is 5.92 Å². The van der Waals surface area contributed by atoms with Gasteiger partial charge in [-0.2, -0.15) is 8.42 Å². The molecule has 0 amide bonds. The van der Waals surface area contributed by atoms with Crippen LogP contribution in [0, 0.1) is 11.8 Å². The van der Waals surface area contributed by atoms with Crippen molar-refractivity contribution in [3.8, 4) is 0 Å². The van der Waals surface area contributed by atoms with Gasteiger partial charge in [-0.25, -0.2) is 0 Å². The van der Waals surface area contributed by atoms with Crippen LogP contribution in [0.2, 0.25) is 0 Å². The Morgan fingerprint density at radius 2 is 1.48 bits per heavy atom. The van der Waals surface area contributed by atoms with Crippen LogP contribution in [0.25, 0.3) is 0 Å². The fourth-order valence-corrected chi connectivity index (χ4v) is 3.72. The van der Waals surface area contributed by atoms with E-state index in [1.165, 1.54) is 12.8 Å². The third-order valence-corrected chi connectivity index (χ3v) is 5.13. The summed E-state index contributed by atoms with van der Waals surface area (Å²) >= 11 is 0. The zero-order valence-electron chi connectivity index (χ0n) is 15.9. The minimum absolute atomic E-state index is 0.157. The lowest BCUT2D eigenvalue weighted by atomic mass is 9.69. The molecule has 2 atom stereocenters. The summed E-state index contributed by atoms with van der Waals surface area (Å²) in [6, 6.07) is 20.2. The van der Waals surface area contributed by atoms with Gasteiger partial charge in [-0.15, -0.1) is 0 Å². The van der Waals surface area contributed by atoms with Crippen LogP contribution in [0.5, 0.6) is 0 Å². The quantitative estimate of drug-likeness (QED) is 0.698. The number of aliphatic hydroxyl groups is 1. The summed E-state index contributed by atoms with van der Waals surface area (Å²) in [5.74, 6) is 0.643. The van der Waals surface area contributed by atoms with Crippen molar-refractivity contribution in [3.63, 3.8) is 0 Å². The number of rotatable bonds is 4. The van der Waals surface area contributed by atoms with E-state index >= 15 is 0 Å². The molecule has 1 heterocycles. The molecule has 27 heavy (non-hydrogen) atoms. The van der Waals surface area contributed by atoms with E-state index in [0.29, 0.717) is 12.2 Å². The van der Waals surface area contributed by atoms with Gasteiger partial charge in [0.05, 0.1) is 6.26 Å². The first-order chi connectivity index (χ1) is 12.7. The second kappa shape index (κ2) is 9.46. The Kier molecular flexibility index (Phi) is 7.56. The first-order valence-electron chi connectivity index (χ1n) is 9.19. The van der Waals surface area contributed by atoms with Crippen molar-refractivity contribution in [2.45, 2.75) is 25.4 Å². The third-order valence-electron chi connectivity index (χ3n) is 5.13. The van der Waals surface area contributed by atoms with Crippen LogP contribution in [-0.2, 0) is 15.7 Å². The van der Waals surface area contributed by atoms with Gasteiger partial charge < -0.3 is 10.4 Å². The van der Waals surface area contributed by atoms with Crippen LogP contribution in [0.3, 0.4) is 0 Å². The fraction of sp³-hybridized carbons (Fsp3) is 0.429. The summed E-state index contributed by atoms with van der Waals surface area (Å²) in [5, 5.41) is 15.2. The minimum Gasteiger partial charge on any atom is -0.380 e. The van der Waals surface area contributed by atoms with Crippen LogP contribution in [0.15, 0.2) is 60.7 Å². The van der Waals surface area contributed by atoms with E-state index in [1.54, 1.807) is 0 Å². The van der Waals surface area contributed by atoms with Gasteiger partial charge in [-0.1, -0.05) is 67.6 Å². The first-order valence-corrected chi connectivity index (χ1v) is 11.0. The summed E-state index contributed by atoms with van der Waals surface area (Å²) < 4.78 is 25.9. The minimum atomic E-state index is -3.67. The van der Waals surface area contributed by atoms with Crippen LogP contribution in [-0.4, -0.2) is 37.4 Å². The molecule has 5 nitrogen and oxygen atoms in total. The zero-order chi connectivity index (χ0) is 19.9. The first kappa shape index (κ1) is 21.6. The van der Waals surface area contributed by atoms with Gasteiger partial charge in [0, 0.05) is 0 Å². The van der Waals surface area contributed by atoms with Crippen molar-refractivity contribution in [1.82, 2.24) is 5.32 Å². The number of piperidine rings is 1. The molecule has 6 heteroatoms. The fourth-order valence-electron chi connectivity index (χ4n) is 3.72. The molecule has 2 unspecified atom stereocenters. The standard InChI is InChI=1S/C20H25NO.CH4O3S/c1-16(17-9-8-14-21-15-17)20(22,18-10-4-2-5-11-18)19-12-6-3-7-13-19;1-5(2,3)4/h2-7,10-13,16-17,21-22H,8-9,14-15H2,1H3;1H3,(H,2,3,4). The van der Waals surface area contributed by atoms with Gasteiger partial charge in [0.25, 0.3) is 10.1 Å². The van der Waals surface area contributed by atoms with Crippen molar-refractivity contribution in [3.05, 3.63) is 71.8 Å². The summed E-state index contributed by atoms with van der Waals surface area (Å²) in [6.07, 6.45) is 3.08. The van der Waals surface area contributed by atoms with Gasteiger partial charge >= 0.3 is 0 Å². The number of hydrogen-bond acceptors (Lipinski definition) is 4. The van der Waals surface area contributed by atoms with Gasteiger partial charge in [0.2, 0.25) is 0 Å². The summed E-state index contributed by atoms with van der Waals surface area (Å²) in [4.78, 5) is 0. The summed E-state index contributed by atoms with van der Waals surface area (Å²) in [5.41, 5.74) is 1.03. The molecule has 1 aliphatic heterocycles. The van der Waals surface area contributed by atoms with E-state index < -0.39 is 15.7 Å². The molecule has 1 fully saturated rings. The van der Waals surface area contributed by atoms with Gasteiger partial charge in [-0.05, 0) is 48.9 Å². The molecule has 0 saturated carbocycles. The van der Waals surface area contributed by atoms with Gasteiger partial charge in [0.15, 0.2) is 0 Å². The second-order valence-electron chi connectivity index (χ2n) is 7.13. The molecule has 1 aliphatic rings.